The second-order valence-corrected chi connectivity index (χ2v) is 9.24. The SMILES string of the molecule is COc1cc2c(cc1OS(C)(=O)=O)CCN1CC(c3ccccc3)C(N)CC21. The van der Waals surface area contributed by atoms with Gasteiger partial charge < -0.3 is 14.7 Å². The van der Waals surface area contributed by atoms with E-state index in [1.807, 2.05) is 12.1 Å². The Morgan fingerprint density at radius 3 is 2.57 bits per heavy atom. The molecule has 1 saturated heterocycles. The minimum absolute atomic E-state index is 0.0625. The molecule has 2 aromatic carbocycles. The summed E-state index contributed by atoms with van der Waals surface area (Å²) < 4.78 is 33.7. The summed E-state index contributed by atoms with van der Waals surface area (Å²) in [6.45, 7) is 1.83. The van der Waals surface area contributed by atoms with Crippen LogP contribution >= 0.6 is 0 Å². The summed E-state index contributed by atoms with van der Waals surface area (Å²) in [7, 11) is -2.09. The molecule has 3 unspecified atom stereocenters. The van der Waals surface area contributed by atoms with E-state index >= 15 is 0 Å². The molecule has 2 heterocycles. The molecule has 2 aliphatic heterocycles. The number of rotatable bonds is 4. The number of piperidine rings is 1. The van der Waals surface area contributed by atoms with E-state index in [1.165, 1.54) is 12.7 Å². The van der Waals surface area contributed by atoms with E-state index < -0.39 is 10.1 Å². The predicted molar refractivity (Wildman–Crippen MR) is 108 cm³/mol. The van der Waals surface area contributed by atoms with Crippen molar-refractivity contribution in [2.24, 2.45) is 5.73 Å². The quantitative estimate of drug-likeness (QED) is 0.791. The van der Waals surface area contributed by atoms with Gasteiger partial charge in [0.15, 0.2) is 11.5 Å². The zero-order valence-electron chi connectivity index (χ0n) is 16.2. The molecule has 28 heavy (non-hydrogen) atoms. The molecule has 2 aliphatic rings. The van der Waals surface area contributed by atoms with Gasteiger partial charge in [-0.1, -0.05) is 30.3 Å². The molecule has 3 atom stereocenters. The third-order valence-corrected chi connectivity index (χ3v) is 6.29. The van der Waals surface area contributed by atoms with Gasteiger partial charge in [-0.15, -0.1) is 0 Å². The van der Waals surface area contributed by atoms with Crippen molar-refractivity contribution in [2.45, 2.75) is 30.8 Å². The minimum atomic E-state index is -3.62. The van der Waals surface area contributed by atoms with Crippen LogP contribution in [0.4, 0.5) is 0 Å². The van der Waals surface area contributed by atoms with E-state index in [4.69, 9.17) is 14.7 Å². The monoisotopic (exact) mass is 402 g/mol. The van der Waals surface area contributed by atoms with Gasteiger partial charge in [0.2, 0.25) is 0 Å². The molecule has 0 spiro atoms. The van der Waals surface area contributed by atoms with Crippen LogP contribution in [0.25, 0.3) is 0 Å². The molecule has 1 fully saturated rings. The molecule has 0 saturated carbocycles. The topological polar surface area (TPSA) is 81.9 Å². The smallest absolute Gasteiger partial charge is 0.306 e. The molecule has 4 rings (SSSR count). The lowest BCUT2D eigenvalue weighted by Crippen LogP contribution is -2.49. The largest absolute Gasteiger partial charge is 0.493 e. The summed E-state index contributed by atoms with van der Waals surface area (Å²) in [6, 6.07) is 14.5. The van der Waals surface area contributed by atoms with Crippen LogP contribution in [0.15, 0.2) is 42.5 Å². The average Bonchev–Trinajstić information content (AvgIpc) is 2.66. The Hall–Kier alpha value is -2.09. The third kappa shape index (κ3) is 3.74. The Morgan fingerprint density at radius 2 is 1.89 bits per heavy atom. The van der Waals surface area contributed by atoms with Gasteiger partial charge in [-0.25, -0.2) is 0 Å². The van der Waals surface area contributed by atoms with Gasteiger partial charge >= 0.3 is 10.1 Å². The number of benzene rings is 2. The summed E-state index contributed by atoms with van der Waals surface area (Å²) in [4.78, 5) is 2.49. The number of ether oxygens (including phenoxy) is 1. The second-order valence-electron chi connectivity index (χ2n) is 7.67. The van der Waals surface area contributed by atoms with E-state index in [0.717, 1.165) is 43.3 Å². The standard InChI is InChI=1S/C21H26N2O4S/c1-26-20-11-16-15(10-21(20)27-28(2,24)25)8-9-23-13-17(18(22)12-19(16)23)14-6-4-3-5-7-14/h3-7,10-11,17-19H,8-9,12-13,22H2,1-2H3. The molecule has 0 radical (unpaired) electrons. The number of hydrogen-bond donors (Lipinski definition) is 1. The molecule has 7 heteroatoms. The number of fused-ring (bicyclic) bond motifs is 3. The van der Waals surface area contributed by atoms with Gasteiger partial charge in [0, 0.05) is 31.1 Å². The number of methoxy groups -OCH3 is 1. The van der Waals surface area contributed by atoms with Crippen molar-refractivity contribution >= 4 is 10.1 Å². The van der Waals surface area contributed by atoms with E-state index in [-0.39, 0.29) is 17.8 Å². The van der Waals surface area contributed by atoms with E-state index in [1.54, 1.807) is 6.07 Å². The van der Waals surface area contributed by atoms with Crippen LogP contribution in [0.3, 0.4) is 0 Å². The van der Waals surface area contributed by atoms with Gasteiger partial charge in [0.1, 0.15) is 0 Å². The summed E-state index contributed by atoms with van der Waals surface area (Å²) in [5.74, 6) is 0.998. The van der Waals surface area contributed by atoms with Crippen LogP contribution in [-0.4, -0.2) is 45.8 Å². The van der Waals surface area contributed by atoms with Crippen molar-refractivity contribution < 1.29 is 17.3 Å². The molecule has 6 nitrogen and oxygen atoms in total. The molecular formula is C21H26N2O4S. The third-order valence-electron chi connectivity index (χ3n) is 5.81. The maximum absolute atomic E-state index is 11.6. The lowest BCUT2D eigenvalue weighted by Gasteiger charge is -2.46. The van der Waals surface area contributed by atoms with Gasteiger partial charge in [-0.2, -0.15) is 8.42 Å². The zero-order valence-corrected chi connectivity index (χ0v) is 17.0. The van der Waals surface area contributed by atoms with Gasteiger partial charge in [-0.3, -0.25) is 4.90 Å². The molecule has 2 aromatic rings. The Labute approximate surface area is 166 Å². The van der Waals surface area contributed by atoms with Gasteiger partial charge in [0.25, 0.3) is 0 Å². The highest BCUT2D eigenvalue weighted by molar-refractivity contribution is 7.86. The molecular weight excluding hydrogens is 376 g/mol. The normalized spacial score (nSPS) is 24.9. The average molecular weight is 403 g/mol. The van der Waals surface area contributed by atoms with Crippen LogP contribution in [0.2, 0.25) is 0 Å². The maximum atomic E-state index is 11.6. The first-order chi connectivity index (χ1) is 13.4. The van der Waals surface area contributed by atoms with Crippen molar-refractivity contribution in [2.75, 3.05) is 26.5 Å². The first-order valence-electron chi connectivity index (χ1n) is 9.50. The van der Waals surface area contributed by atoms with Crippen molar-refractivity contribution in [3.05, 3.63) is 59.2 Å². The summed E-state index contributed by atoms with van der Waals surface area (Å²) in [6.07, 6.45) is 2.73. The highest BCUT2D eigenvalue weighted by Crippen LogP contribution is 2.44. The molecule has 0 aliphatic carbocycles. The fourth-order valence-corrected chi connectivity index (χ4v) is 4.96. The second kappa shape index (κ2) is 7.39. The number of nitrogens with zero attached hydrogens (tertiary/aromatic N) is 1. The molecule has 2 N–H and O–H groups in total. The van der Waals surface area contributed by atoms with Gasteiger partial charge in [-0.05, 0) is 41.7 Å². The Morgan fingerprint density at radius 1 is 1.14 bits per heavy atom. The maximum Gasteiger partial charge on any atom is 0.306 e. The molecule has 0 amide bonds. The van der Waals surface area contributed by atoms with Crippen molar-refractivity contribution in [3.63, 3.8) is 0 Å². The van der Waals surface area contributed by atoms with Crippen molar-refractivity contribution in [1.29, 1.82) is 0 Å². The van der Waals surface area contributed by atoms with Crippen LogP contribution in [0.5, 0.6) is 11.5 Å². The van der Waals surface area contributed by atoms with Crippen LogP contribution in [-0.2, 0) is 16.5 Å². The Balaban J connectivity index is 1.65. The summed E-state index contributed by atoms with van der Waals surface area (Å²) >= 11 is 0. The first kappa shape index (κ1) is 19.2. The molecule has 150 valence electrons. The van der Waals surface area contributed by atoms with E-state index in [2.05, 4.69) is 29.2 Å². The number of nitrogens with two attached hydrogens (primary N) is 1. The zero-order chi connectivity index (χ0) is 19.9. The first-order valence-corrected chi connectivity index (χ1v) is 11.3. The van der Waals surface area contributed by atoms with Crippen LogP contribution in [0.1, 0.15) is 35.1 Å². The van der Waals surface area contributed by atoms with Gasteiger partial charge in [0.05, 0.1) is 13.4 Å². The van der Waals surface area contributed by atoms with Crippen molar-refractivity contribution in [1.82, 2.24) is 4.90 Å². The van der Waals surface area contributed by atoms with E-state index in [0.29, 0.717) is 11.7 Å². The Bertz CT molecular complexity index is 962. The highest BCUT2D eigenvalue weighted by Gasteiger charge is 2.38. The van der Waals surface area contributed by atoms with Crippen LogP contribution in [0, 0.1) is 0 Å². The van der Waals surface area contributed by atoms with Crippen molar-refractivity contribution in [3.8, 4) is 11.5 Å². The summed E-state index contributed by atoms with van der Waals surface area (Å²) in [5, 5.41) is 0. The fraction of sp³-hybridized carbons (Fsp3) is 0.429. The Kier molecular flexibility index (Phi) is 5.07. The van der Waals surface area contributed by atoms with Crippen LogP contribution < -0.4 is 14.7 Å². The molecule has 0 bridgehead atoms. The highest BCUT2D eigenvalue weighted by atomic mass is 32.2. The molecule has 0 aromatic heterocycles. The summed E-state index contributed by atoms with van der Waals surface area (Å²) in [5.41, 5.74) is 10.1. The lowest BCUT2D eigenvalue weighted by molar-refractivity contribution is 0.109. The lowest BCUT2D eigenvalue weighted by atomic mass is 9.78. The minimum Gasteiger partial charge on any atom is -0.493 e. The fourth-order valence-electron chi connectivity index (χ4n) is 4.51. The van der Waals surface area contributed by atoms with E-state index in [9.17, 15) is 8.42 Å². The number of hydrogen-bond acceptors (Lipinski definition) is 6. The predicted octanol–water partition coefficient (Wildman–Crippen LogP) is 2.45.